The van der Waals surface area contributed by atoms with Crippen molar-refractivity contribution in [3.05, 3.63) is 35.9 Å². The third-order valence-electron chi connectivity index (χ3n) is 2.89. The minimum Gasteiger partial charge on any atom is -0.356 e. The van der Waals surface area contributed by atoms with Gasteiger partial charge in [0.05, 0.1) is 18.1 Å². The Morgan fingerprint density at radius 1 is 1.23 bits per heavy atom. The van der Waals surface area contributed by atoms with Gasteiger partial charge < -0.3 is 5.32 Å². The minimum atomic E-state index is -0.116. The minimum absolute atomic E-state index is 0.116. The van der Waals surface area contributed by atoms with Crippen molar-refractivity contribution in [3.63, 3.8) is 0 Å². The van der Waals surface area contributed by atoms with Crippen LogP contribution >= 0.6 is 23.1 Å². The third kappa shape index (κ3) is 5.36. The Labute approximate surface area is 138 Å². The van der Waals surface area contributed by atoms with Crippen LogP contribution in [-0.4, -0.2) is 16.0 Å². The Morgan fingerprint density at radius 2 is 2.05 bits per heavy atom. The molecular formula is C15H15N5S2. The van der Waals surface area contributed by atoms with Crippen LogP contribution in [0.15, 0.2) is 34.7 Å². The molecule has 0 spiro atoms. The summed E-state index contributed by atoms with van der Waals surface area (Å²) in [5.74, 6) is 0.528. The summed E-state index contributed by atoms with van der Waals surface area (Å²) in [7, 11) is 0. The molecule has 1 heterocycles. The van der Waals surface area contributed by atoms with Crippen LogP contribution in [0.3, 0.4) is 0 Å². The van der Waals surface area contributed by atoms with Crippen molar-refractivity contribution in [2.24, 2.45) is 5.92 Å². The fourth-order valence-corrected chi connectivity index (χ4v) is 3.54. The largest absolute Gasteiger partial charge is 0.356 e. The van der Waals surface area contributed by atoms with Crippen LogP contribution in [0.1, 0.15) is 18.4 Å². The Morgan fingerprint density at radius 3 is 2.77 bits per heavy atom. The predicted octanol–water partition coefficient (Wildman–Crippen LogP) is 3.69. The van der Waals surface area contributed by atoms with Gasteiger partial charge in [-0.1, -0.05) is 53.4 Å². The van der Waals surface area contributed by atoms with Crippen molar-refractivity contribution in [1.29, 1.82) is 10.5 Å². The normalized spacial score (nSPS) is 11.4. The van der Waals surface area contributed by atoms with Gasteiger partial charge in [0, 0.05) is 18.7 Å². The second kappa shape index (κ2) is 9.04. The molecule has 0 bridgehead atoms. The van der Waals surface area contributed by atoms with Crippen LogP contribution < -0.4 is 5.32 Å². The van der Waals surface area contributed by atoms with Gasteiger partial charge in [0.2, 0.25) is 5.13 Å². The van der Waals surface area contributed by atoms with Crippen molar-refractivity contribution in [3.8, 4) is 12.1 Å². The zero-order valence-corrected chi connectivity index (χ0v) is 13.5. The summed E-state index contributed by atoms with van der Waals surface area (Å²) in [6, 6.07) is 14.4. The first-order valence-electron chi connectivity index (χ1n) is 6.82. The van der Waals surface area contributed by atoms with Gasteiger partial charge in [-0.25, -0.2) is 0 Å². The maximum atomic E-state index is 9.03. The Balaban J connectivity index is 1.79. The highest BCUT2D eigenvalue weighted by atomic mass is 32.2. The molecule has 7 heteroatoms. The van der Waals surface area contributed by atoms with Gasteiger partial charge in [-0.05, 0) is 12.0 Å². The number of thioether (sulfide) groups is 1. The van der Waals surface area contributed by atoms with E-state index in [1.54, 1.807) is 0 Å². The first-order chi connectivity index (χ1) is 10.8. The smallest absolute Gasteiger partial charge is 0.206 e. The fraction of sp³-hybridized carbons (Fsp3) is 0.333. The van der Waals surface area contributed by atoms with Crippen molar-refractivity contribution in [2.75, 3.05) is 11.1 Å². The number of nitrogens with one attached hydrogen (secondary N) is 1. The van der Waals surface area contributed by atoms with Crippen LogP contribution in [-0.2, 0) is 6.54 Å². The zero-order valence-electron chi connectivity index (χ0n) is 11.9. The number of anilines is 1. The van der Waals surface area contributed by atoms with E-state index in [0.717, 1.165) is 9.47 Å². The Kier molecular flexibility index (Phi) is 6.69. The first-order valence-corrected chi connectivity index (χ1v) is 8.62. The summed E-state index contributed by atoms with van der Waals surface area (Å²) < 4.78 is 0.841. The fourth-order valence-electron chi connectivity index (χ4n) is 1.71. The molecule has 22 heavy (non-hydrogen) atoms. The van der Waals surface area contributed by atoms with Crippen molar-refractivity contribution in [1.82, 2.24) is 10.2 Å². The molecule has 0 saturated carbocycles. The lowest BCUT2D eigenvalue weighted by atomic mass is 10.1. The van der Waals surface area contributed by atoms with E-state index in [-0.39, 0.29) is 5.92 Å². The van der Waals surface area contributed by atoms with E-state index in [9.17, 15) is 0 Å². The van der Waals surface area contributed by atoms with Crippen molar-refractivity contribution < 1.29 is 0 Å². The standard InChI is InChI=1S/C15H15N5S2/c16-8-4-7-13(9-17)11-21-15-20-19-14(22-15)18-10-12-5-2-1-3-6-12/h1-3,5-6,13H,4,7,10-11H2,(H,18,19)/t13-/m0/s1. The second-order valence-corrected chi connectivity index (χ2v) is 6.79. The number of hydrogen-bond acceptors (Lipinski definition) is 7. The molecule has 112 valence electrons. The molecule has 0 unspecified atom stereocenters. The van der Waals surface area contributed by atoms with E-state index in [1.165, 1.54) is 28.7 Å². The van der Waals surface area contributed by atoms with E-state index >= 15 is 0 Å². The molecule has 2 rings (SSSR count). The molecular weight excluding hydrogens is 314 g/mol. The molecule has 0 amide bonds. The van der Waals surface area contributed by atoms with Gasteiger partial charge >= 0.3 is 0 Å². The molecule has 5 nitrogen and oxygen atoms in total. The molecule has 1 aromatic heterocycles. The Hall–Kier alpha value is -2.09. The number of nitriles is 2. The highest BCUT2D eigenvalue weighted by Crippen LogP contribution is 2.28. The molecule has 0 aliphatic rings. The summed E-state index contributed by atoms with van der Waals surface area (Å²) in [5.41, 5.74) is 1.19. The van der Waals surface area contributed by atoms with Gasteiger partial charge in [0.25, 0.3) is 0 Å². The highest BCUT2D eigenvalue weighted by Gasteiger charge is 2.11. The molecule has 1 aromatic carbocycles. The van der Waals surface area contributed by atoms with Crippen LogP contribution in [0, 0.1) is 28.6 Å². The number of aromatic nitrogens is 2. The molecule has 1 atom stereocenters. The van der Waals surface area contributed by atoms with Gasteiger partial charge in [-0.15, -0.1) is 10.2 Å². The number of rotatable bonds is 8. The molecule has 0 aliphatic heterocycles. The lowest BCUT2D eigenvalue weighted by Crippen LogP contribution is -1.99. The maximum absolute atomic E-state index is 9.03. The van der Waals surface area contributed by atoms with E-state index < -0.39 is 0 Å². The molecule has 2 aromatic rings. The van der Waals surface area contributed by atoms with Crippen LogP contribution in [0.4, 0.5) is 5.13 Å². The lowest BCUT2D eigenvalue weighted by molar-refractivity contribution is 0.685. The monoisotopic (exact) mass is 329 g/mol. The van der Waals surface area contributed by atoms with Gasteiger partial charge in [-0.3, -0.25) is 0 Å². The van der Waals surface area contributed by atoms with E-state index in [0.29, 0.717) is 25.1 Å². The predicted molar refractivity (Wildman–Crippen MR) is 88.4 cm³/mol. The van der Waals surface area contributed by atoms with Gasteiger partial charge in [-0.2, -0.15) is 10.5 Å². The number of benzene rings is 1. The average molecular weight is 329 g/mol. The first kappa shape index (κ1) is 16.3. The molecule has 0 saturated heterocycles. The maximum Gasteiger partial charge on any atom is 0.206 e. The van der Waals surface area contributed by atoms with E-state index in [1.807, 2.05) is 18.2 Å². The lowest BCUT2D eigenvalue weighted by Gasteiger charge is -2.03. The number of hydrogen-bond donors (Lipinski definition) is 1. The number of nitrogens with zero attached hydrogens (tertiary/aromatic N) is 4. The van der Waals surface area contributed by atoms with E-state index in [2.05, 4.69) is 39.8 Å². The molecule has 0 aliphatic carbocycles. The summed E-state index contributed by atoms with van der Waals surface area (Å²) in [4.78, 5) is 0. The average Bonchev–Trinajstić information content (AvgIpc) is 3.02. The van der Waals surface area contributed by atoms with E-state index in [4.69, 9.17) is 10.5 Å². The highest BCUT2D eigenvalue weighted by molar-refractivity contribution is 8.01. The summed E-state index contributed by atoms with van der Waals surface area (Å²) in [6.07, 6.45) is 1.02. The van der Waals surface area contributed by atoms with Crippen LogP contribution in [0.5, 0.6) is 0 Å². The second-order valence-electron chi connectivity index (χ2n) is 4.55. The van der Waals surface area contributed by atoms with Gasteiger partial charge in [0.1, 0.15) is 0 Å². The SMILES string of the molecule is N#CCC[C@@H](C#N)CSc1nnc(NCc2ccccc2)s1. The zero-order chi connectivity index (χ0) is 15.6. The Bertz CT molecular complexity index is 657. The van der Waals surface area contributed by atoms with Crippen LogP contribution in [0.2, 0.25) is 0 Å². The molecule has 0 radical (unpaired) electrons. The summed E-state index contributed by atoms with van der Waals surface area (Å²) in [5, 5.41) is 29.8. The molecule has 0 fully saturated rings. The van der Waals surface area contributed by atoms with Gasteiger partial charge in [0.15, 0.2) is 4.34 Å². The quantitative estimate of drug-likeness (QED) is 0.743. The summed E-state index contributed by atoms with van der Waals surface area (Å²) >= 11 is 3.00. The van der Waals surface area contributed by atoms with Crippen LogP contribution in [0.25, 0.3) is 0 Å². The van der Waals surface area contributed by atoms with Crippen molar-refractivity contribution >= 4 is 28.2 Å². The van der Waals surface area contributed by atoms with Crippen molar-refractivity contribution in [2.45, 2.75) is 23.7 Å². The third-order valence-corrected chi connectivity index (χ3v) is 5.06. The summed E-state index contributed by atoms with van der Waals surface area (Å²) in [6.45, 7) is 0.711. The molecule has 1 N–H and O–H groups in total. The topological polar surface area (TPSA) is 85.4 Å².